The van der Waals surface area contributed by atoms with E-state index < -0.39 is 11.4 Å². The fraction of sp³-hybridized carbons (Fsp3) is 0. The summed E-state index contributed by atoms with van der Waals surface area (Å²) in [6.07, 6.45) is 0. The first-order valence-corrected chi connectivity index (χ1v) is 5.98. The molecule has 0 bridgehead atoms. The number of hydrogen-bond donors (Lipinski definition) is 0. The minimum Gasteiger partial charge on any atom is -0.740 e. The van der Waals surface area contributed by atoms with Crippen molar-refractivity contribution in [3.05, 3.63) is 25.3 Å². The lowest BCUT2D eigenvalue weighted by molar-refractivity contribution is 0.439. The van der Waals surface area contributed by atoms with E-state index in [0.717, 1.165) is 7.14 Å². The molecule has 0 aliphatic carbocycles. The molecular weight excluding hydrogens is 406 g/mol. The topological polar surface area (TPSA) is 49.4 Å². The van der Waals surface area contributed by atoms with Gasteiger partial charge in [0.2, 0.25) is 0 Å². The van der Waals surface area contributed by atoms with E-state index in [1.807, 2.05) is 28.7 Å². The third-order valence-corrected chi connectivity index (χ3v) is 2.93. The summed E-state index contributed by atoms with van der Waals surface area (Å²) in [5.74, 6) is 0.371. The van der Waals surface area contributed by atoms with E-state index in [-0.39, 0.29) is 0 Å². The van der Waals surface area contributed by atoms with Gasteiger partial charge in [-0.15, -0.1) is 0 Å². The molecule has 6 heteroatoms. The first-order chi connectivity index (χ1) is 5.59. The second-order valence-corrected chi connectivity index (χ2v) is 4.84. The van der Waals surface area contributed by atoms with Gasteiger partial charge in [-0.1, -0.05) is 0 Å². The Bertz CT molecular complexity index is 316. The molecule has 12 heavy (non-hydrogen) atoms. The molecule has 0 spiro atoms. The molecule has 0 N–H and O–H groups in total. The van der Waals surface area contributed by atoms with Crippen molar-refractivity contribution in [3.63, 3.8) is 0 Å². The first kappa shape index (κ1) is 10.7. The van der Waals surface area contributed by atoms with Gasteiger partial charge in [-0.2, -0.15) is 0 Å². The van der Waals surface area contributed by atoms with Crippen LogP contribution < -0.4 is 4.18 Å². The second-order valence-electron chi connectivity index (χ2n) is 1.86. The van der Waals surface area contributed by atoms with Crippen LogP contribution in [0.3, 0.4) is 0 Å². The fourth-order valence-electron chi connectivity index (χ4n) is 0.614. The minimum absolute atomic E-state index is 0.371. The van der Waals surface area contributed by atoms with Crippen LogP contribution in [0, 0.1) is 7.14 Å². The maximum absolute atomic E-state index is 10.2. The molecule has 1 unspecified atom stereocenters. The lowest BCUT2D eigenvalue weighted by Gasteiger charge is -2.08. The van der Waals surface area contributed by atoms with Gasteiger partial charge >= 0.3 is 0 Å². The van der Waals surface area contributed by atoms with Crippen molar-refractivity contribution >= 4 is 56.5 Å². The van der Waals surface area contributed by atoms with Crippen LogP contribution in [0.25, 0.3) is 0 Å². The third-order valence-electron chi connectivity index (χ3n) is 1.05. The van der Waals surface area contributed by atoms with Gasteiger partial charge in [0.05, 0.1) is 3.57 Å². The lowest BCUT2D eigenvalue weighted by atomic mass is 10.3. The molecule has 0 aliphatic heterocycles. The molecule has 1 atom stereocenters. The van der Waals surface area contributed by atoms with Crippen molar-refractivity contribution in [1.29, 1.82) is 0 Å². The Morgan fingerprint density at radius 2 is 2.08 bits per heavy atom. The van der Waals surface area contributed by atoms with Crippen LogP contribution in [-0.2, 0) is 11.4 Å². The molecule has 0 radical (unpaired) electrons. The lowest BCUT2D eigenvalue weighted by Crippen LogP contribution is -1.99. The summed E-state index contributed by atoms with van der Waals surface area (Å²) in [6.45, 7) is 0. The molecule has 0 heterocycles. The summed E-state index contributed by atoms with van der Waals surface area (Å²) >= 11 is 1.60. The van der Waals surface area contributed by atoms with E-state index in [1.165, 1.54) is 0 Å². The molecule has 1 rings (SSSR count). The Morgan fingerprint density at radius 3 is 2.67 bits per heavy atom. The monoisotopic (exact) mass is 409 g/mol. The molecule has 0 saturated carbocycles. The van der Waals surface area contributed by atoms with Crippen LogP contribution in [0.5, 0.6) is 5.75 Å². The Hall–Kier alpha value is 0.590. The number of hydrogen-bond acceptors (Lipinski definition) is 3. The van der Waals surface area contributed by atoms with Crippen molar-refractivity contribution < 1.29 is 12.9 Å². The minimum atomic E-state index is -2.49. The van der Waals surface area contributed by atoms with Crippen molar-refractivity contribution in [2.24, 2.45) is 0 Å². The van der Waals surface area contributed by atoms with Gasteiger partial charge in [0.25, 0.3) is 0 Å². The maximum Gasteiger partial charge on any atom is 0.153 e. The summed E-state index contributed by atoms with van der Waals surface area (Å²) in [7, 11) is 0. The van der Waals surface area contributed by atoms with E-state index in [1.54, 1.807) is 12.1 Å². The summed E-state index contributed by atoms with van der Waals surface area (Å²) < 4.78 is 26.7. The number of benzene rings is 1. The van der Waals surface area contributed by atoms with Crippen molar-refractivity contribution in [2.75, 3.05) is 0 Å². The Balaban J connectivity index is 2.97. The van der Waals surface area contributed by atoms with Gasteiger partial charge < -0.3 is 8.74 Å². The zero-order valence-electron chi connectivity index (χ0n) is 5.62. The van der Waals surface area contributed by atoms with E-state index >= 15 is 0 Å². The molecule has 1 aromatic carbocycles. The van der Waals surface area contributed by atoms with Crippen LogP contribution in [0.2, 0.25) is 0 Å². The normalized spacial score (nSPS) is 12.6. The fourth-order valence-corrected chi connectivity index (χ4v) is 1.96. The molecule has 66 valence electrons. The number of halogens is 2. The van der Waals surface area contributed by atoms with E-state index in [4.69, 9.17) is 0 Å². The van der Waals surface area contributed by atoms with Crippen LogP contribution in [-0.4, -0.2) is 8.76 Å². The summed E-state index contributed by atoms with van der Waals surface area (Å²) in [6, 6.07) is 5.34. The number of rotatable bonds is 2. The van der Waals surface area contributed by atoms with Gasteiger partial charge in [-0.3, -0.25) is 0 Å². The molecule has 1 aromatic rings. The second kappa shape index (κ2) is 4.72. The molecule has 0 fully saturated rings. The van der Waals surface area contributed by atoms with E-state index in [0.29, 0.717) is 5.75 Å². The van der Waals surface area contributed by atoms with Crippen molar-refractivity contribution in [2.45, 2.75) is 0 Å². The SMILES string of the molecule is O=S([O-])Oc1cc(I)ccc1I. The standard InChI is InChI=1S/C6H4I2O3S/c7-4-1-2-5(8)6(3-4)11-12(9)10/h1-3H,(H,9,10)/p-1. The average molecular weight is 409 g/mol. The van der Waals surface area contributed by atoms with Crippen LogP contribution in [0.15, 0.2) is 18.2 Å². The third kappa shape index (κ3) is 3.15. The first-order valence-electron chi connectivity index (χ1n) is 2.82. The van der Waals surface area contributed by atoms with E-state index in [9.17, 15) is 8.76 Å². The Kier molecular flexibility index (Phi) is 4.20. The highest BCUT2D eigenvalue weighted by Gasteiger charge is 2.01. The van der Waals surface area contributed by atoms with Gasteiger partial charge in [0.15, 0.2) is 5.75 Å². The van der Waals surface area contributed by atoms with Crippen LogP contribution in [0.1, 0.15) is 0 Å². The van der Waals surface area contributed by atoms with Gasteiger partial charge in [0, 0.05) is 3.57 Å². The zero-order chi connectivity index (χ0) is 9.14. The predicted molar refractivity (Wildman–Crippen MR) is 61.4 cm³/mol. The molecule has 0 saturated heterocycles. The van der Waals surface area contributed by atoms with Gasteiger partial charge in [0.1, 0.15) is 11.4 Å². The van der Waals surface area contributed by atoms with Crippen LogP contribution in [0.4, 0.5) is 0 Å². The van der Waals surface area contributed by atoms with Crippen LogP contribution >= 0.6 is 45.2 Å². The zero-order valence-corrected chi connectivity index (χ0v) is 10.8. The highest BCUT2D eigenvalue weighted by molar-refractivity contribution is 14.1. The Labute approximate surface area is 99.7 Å². The maximum atomic E-state index is 10.2. The summed E-state index contributed by atoms with van der Waals surface area (Å²) in [5.41, 5.74) is 0. The predicted octanol–water partition coefficient (Wildman–Crippen LogP) is 2.07. The van der Waals surface area contributed by atoms with E-state index in [2.05, 4.69) is 26.8 Å². The van der Waals surface area contributed by atoms with Crippen molar-refractivity contribution in [1.82, 2.24) is 0 Å². The summed E-state index contributed by atoms with van der Waals surface area (Å²) in [4.78, 5) is 0. The van der Waals surface area contributed by atoms with Gasteiger partial charge in [-0.05, 0) is 63.4 Å². The highest BCUT2D eigenvalue weighted by atomic mass is 127. The largest absolute Gasteiger partial charge is 0.740 e. The average Bonchev–Trinajstić information content (AvgIpc) is 1.96. The Morgan fingerprint density at radius 1 is 1.42 bits per heavy atom. The molecule has 0 amide bonds. The van der Waals surface area contributed by atoms with Crippen molar-refractivity contribution in [3.8, 4) is 5.75 Å². The quantitative estimate of drug-likeness (QED) is 0.556. The smallest absolute Gasteiger partial charge is 0.153 e. The molecule has 0 aliphatic rings. The highest BCUT2D eigenvalue weighted by Crippen LogP contribution is 2.23. The molecule has 3 nitrogen and oxygen atoms in total. The molecular formula is C6H3I2O3S-. The summed E-state index contributed by atoms with van der Waals surface area (Å²) in [5, 5.41) is 0. The molecule has 0 aromatic heterocycles. The van der Waals surface area contributed by atoms with Gasteiger partial charge in [-0.25, -0.2) is 4.21 Å².